The first-order valence-electron chi connectivity index (χ1n) is 9.97. The Kier molecular flexibility index (Phi) is 5.33. The summed E-state index contributed by atoms with van der Waals surface area (Å²) in [4.78, 5) is 37.2. The number of H-pyrrole nitrogens is 1. The number of hydrogen-bond donors (Lipinski definition) is 3. The molecule has 0 spiro atoms. The smallest absolute Gasteiger partial charge is 0.349 e. The summed E-state index contributed by atoms with van der Waals surface area (Å²) in [5.74, 6) is 0.207. The Morgan fingerprint density at radius 1 is 1.17 bits per heavy atom. The van der Waals surface area contributed by atoms with Gasteiger partial charge >= 0.3 is 5.69 Å². The highest BCUT2D eigenvalue weighted by Crippen LogP contribution is 2.31. The number of rotatable bonds is 6. The number of aryl methyl sites for hydroxylation is 2. The normalized spacial score (nSPS) is 15.5. The van der Waals surface area contributed by atoms with Crippen molar-refractivity contribution in [3.05, 3.63) is 38.5 Å². The van der Waals surface area contributed by atoms with Gasteiger partial charge in [-0.25, -0.2) is 9.78 Å². The fraction of sp³-hybridized carbons (Fsp3) is 0.500. The van der Waals surface area contributed by atoms with Crippen LogP contribution < -0.4 is 16.1 Å². The molecule has 4 rings (SSSR count). The second kappa shape index (κ2) is 7.92. The van der Waals surface area contributed by atoms with E-state index in [9.17, 15) is 14.7 Å². The lowest BCUT2D eigenvalue weighted by Crippen LogP contribution is -2.29. The molecule has 1 saturated heterocycles. The molecule has 0 aliphatic carbocycles. The lowest BCUT2D eigenvalue weighted by Gasteiger charge is -2.23. The van der Waals surface area contributed by atoms with Crippen LogP contribution in [0.15, 0.2) is 21.7 Å². The van der Waals surface area contributed by atoms with Crippen LogP contribution in [-0.4, -0.2) is 55.5 Å². The van der Waals surface area contributed by atoms with Gasteiger partial charge in [-0.05, 0) is 50.3 Å². The quantitative estimate of drug-likeness (QED) is 0.519. The Morgan fingerprint density at radius 3 is 2.66 bits per heavy atom. The summed E-state index contributed by atoms with van der Waals surface area (Å²) in [6, 6.07) is 3.99. The molecule has 0 aromatic heterocycles. The minimum Gasteiger partial charge on any atom is -0.396 e. The first kappa shape index (κ1) is 19.5. The summed E-state index contributed by atoms with van der Waals surface area (Å²) in [6.07, 6.45) is 2.23. The highest BCUT2D eigenvalue weighted by molar-refractivity contribution is 5.84. The minimum absolute atomic E-state index is 0.0991. The predicted molar refractivity (Wildman–Crippen MR) is 110 cm³/mol. The van der Waals surface area contributed by atoms with Crippen LogP contribution in [0.4, 0.5) is 5.69 Å². The van der Waals surface area contributed by atoms with Crippen molar-refractivity contribution in [2.75, 3.05) is 24.6 Å². The number of aliphatic hydroxyl groups is 2. The maximum Gasteiger partial charge on any atom is 0.349 e. The average Bonchev–Trinajstić information content (AvgIpc) is 3.20. The topological polar surface area (TPSA) is 124 Å². The van der Waals surface area contributed by atoms with Crippen LogP contribution in [0.25, 0.3) is 22.6 Å². The third-order valence-corrected chi connectivity index (χ3v) is 5.52. The van der Waals surface area contributed by atoms with E-state index >= 15 is 0 Å². The Bertz CT molecular complexity index is 1120. The van der Waals surface area contributed by atoms with Crippen LogP contribution in [0.3, 0.4) is 0 Å². The average molecular weight is 399 g/mol. The van der Waals surface area contributed by atoms with Gasteiger partial charge in [0.15, 0.2) is 11.5 Å². The predicted octanol–water partition coefficient (Wildman–Crippen LogP) is 0.627. The monoisotopic (exact) mass is 399 g/mol. The Balaban J connectivity index is 1.93. The van der Waals surface area contributed by atoms with E-state index in [2.05, 4.69) is 19.9 Å². The molecule has 0 unspecified atom stereocenters. The molecule has 0 radical (unpaired) electrons. The van der Waals surface area contributed by atoms with Crippen molar-refractivity contribution in [3.63, 3.8) is 0 Å². The Morgan fingerprint density at radius 2 is 1.93 bits per heavy atom. The molecule has 3 aliphatic rings. The lowest BCUT2D eigenvalue weighted by atomic mass is 10.1. The van der Waals surface area contributed by atoms with Gasteiger partial charge in [-0.2, -0.15) is 4.98 Å². The zero-order chi connectivity index (χ0) is 20.5. The number of aliphatic hydroxyl groups excluding tert-OH is 2. The van der Waals surface area contributed by atoms with Crippen molar-refractivity contribution in [1.29, 1.82) is 0 Å². The molecule has 1 aromatic carbocycles. The fourth-order valence-electron chi connectivity index (χ4n) is 4.03. The molecule has 154 valence electrons. The number of aromatic nitrogens is 4. The number of anilines is 1. The van der Waals surface area contributed by atoms with E-state index in [4.69, 9.17) is 5.11 Å². The molecule has 1 aromatic rings. The number of benzene rings is 1. The van der Waals surface area contributed by atoms with Crippen LogP contribution in [0, 0.1) is 6.92 Å². The summed E-state index contributed by atoms with van der Waals surface area (Å²) in [6.45, 7) is 4.24. The van der Waals surface area contributed by atoms with E-state index in [1.807, 2.05) is 19.1 Å². The maximum absolute atomic E-state index is 12.3. The molecule has 9 nitrogen and oxygen atoms in total. The van der Waals surface area contributed by atoms with Gasteiger partial charge < -0.3 is 19.7 Å². The molecule has 1 fully saturated rings. The summed E-state index contributed by atoms with van der Waals surface area (Å²) in [5.41, 5.74) is 2.38. The van der Waals surface area contributed by atoms with Crippen molar-refractivity contribution in [1.82, 2.24) is 19.5 Å². The maximum atomic E-state index is 12.3. The van der Waals surface area contributed by atoms with Gasteiger partial charge in [-0.3, -0.25) is 9.78 Å². The fourth-order valence-corrected chi connectivity index (χ4v) is 4.03. The number of aromatic amines is 1. The van der Waals surface area contributed by atoms with Gasteiger partial charge in [0, 0.05) is 31.9 Å². The van der Waals surface area contributed by atoms with Gasteiger partial charge in [-0.1, -0.05) is 0 Å². The second-order valence-corrected chi connectivity index (χ2v) is 7.58. The van der Waals surface area contributed by atoms with Crippen LogP contribution in [0.1, 0.15) is 31.2 Å². The van der Waals surface area contributed by atoms with Crippen LogP contribution in [0.2, 0.25) is 0 Å². The SMILES string of the molecule is Cc1cc2nc3c(=O)[nH]c(=O)nc-3n(CC[C@H](O)CCO)c2cc1N1CCCC1. The second-order valence-electron chi connectivity index (χ2n) is 7.58. The van der Waals surface area contributed by atoms with Crippen molar-refractivity contribution < 1.29 is 10.2 Å². The molecule has 29 heavy (non-hydrogen) atoms. The van der Waals surface area contributed by atoms with Crippen LogP contribution >= 0.6 is 0 Å². The number of nitrogens with one attached hydrogen (secondary N) is 1. The third-order valence-electron chi connectivity index (χ3n) is 5.52. The minimum atomic E-state index is -0.722. The van der Waals surface area contributed by atoms with E-state index in [1.54, 1.807) is 4.57 Å². The number of hydrogen-bond acceptors (Lipinski definition) is 7. The van der Waals surface area contributed by atoms with Gasteiger partial charge in [0.05, 0.1) is 17.1 Å². The first-order chi connectivity index (χ1) is 14.0. The molecule has 3 N–H and O–H groups in total. The van der Waals surface area contributed by atoms with E-state index < -0.39 is 17.4 Å². The zero-order valence-corrected chi connectivity index (χ0v) is 16.4. The standard InChI is InChI=1S/C20H25N5O4/c1-12-10-14-16(11-15(12)24-6-2-3-7-24)25(8-4-13(27)5-9-26)18-17(21-14)19(28)23-20(29)22-18/h10-11,13,26-27H,2-9H2,1H3,(H,23,28,29)/t13-/m0/s1. The van der Waals surface area contributed by atoms with Gasteiger partial charge in [0.25, 0.3) is 5.56 Å². The first-order valence-corrected chi connectivity index (χ1v) is 9.97. The Hall–Kier alpha value is -2.78. The summed E-state index contributed by atoms with van der Waals surface area (Å²) in [7, 11) is 0. The summed E-state index contributed by atoms with van der Waals surface area (Å²) >= 11 is 0. The molecular formula is C20H25N5O4. The molecule has 0 saturated carbocycles. The number of nitrogens with zero attached hydrogens (tertiary/aromatic N) is 4. The molecule has 3 heterocycles. The van der Waals surface area contributed by atoms with Gasteiger partial charge in [0.2, 0.25) is 0 Å². The highest BCUT2D eigenvalue weighted by Gasteiger charge is 2.22. The van der Waals surface area contributed by atoms with Crippen molar-refractivity contribution >= 4 is 16.7 Å². The van der Waals surface area contributed by atoms with E-state index in [1.165, 1.54) is 0 Å². The van der Waals surface area contributed by atoms with Crippen molar-refractivity contribution in [2.45, 2.75) is 45.3 Å². The molecule has 0 bridgehead atoms. The van der Waals surface area contributed by atoms with E-state index in [0.717, 1.165) is 42.7 Å². The van der Waals surface area contributed by atoms with Crippen LogP contribution in [0.5, 0.6) is 0 Å². The summed E-state index contributed by atoms with van der Waals surface area (Å²) in [5, 5.41) is 19.1. The van der Waals surface area contributed by atoms with E-state index in [-0.39, 0.29) is 24.5 Å². The zero-order valence-electron chi connectivity index (χ0n) is 16.4. The van der Waals surface area contributed by atoms with E-state index in [0.29, 0.717) is 18.5 Å². The molecular weight excluding hydrogens is 374 g/mol. The molecule has 9 heteroatoms. The summed E-state index contributed by atoms with van der Waals surface area (Å²) < 4.78 is 1.79. The lowest BCUT2D eigenvalue weighted by molar-refractivity contribution is 0.121. The number of fused-ring (bicyclic) bond motifs is 2. The molecule has 3 aliphatic heterocycles. The molecule has 0 amide bonds. The van der Waals surface area contributed by atoms with Gasteiger partial charge in [0.1, 0.15) is 0 Å². The van der Waals surface area contributed by atoms with Crippen molar-refractivity contribution in [2.24, 2.45) is 0 Å². The largest absolute Gasteiger partial charge is 0.396 e. The van der Waals surface area contributed by atoms with Gasteiger partial charge in [-0.15, -0.1) is 0 Å². The molecule has 1 atom stereocenters. The van der Waals surface area contributed by atoms with Crippen molar-refractivity contribution in [3.8, 4) is 11.5 Å². The third kappa shape index (κ3) is 3.75. The Labute approximate surface area is 167 Å². The van der Waals surface area contributed by atoms with Crippen LogP contribution in [-0.2, 0) is 6.54 Å². The highest BCUT2D eigenvalue weighted by atomic mass is 16.3.